The van der Waals surface area contributed by atoms with Crippen LogP contribution in [0.2, 0.25) is 0 Å². The molecule has 0 saturated heterocycles. The third kappa shape index (κ3) is 33.3. The van der Waals surface area contributed by atoms with Gasteiger partial charge in [0.15, 0.2) is 0 Å². The van der Waals surface area contributed by atoms with E-state index in [0.29, 0.717) is 44.3 Å². The first-order chi connectivity index (χ1) is 67.7. The van der Waals surface area contributed by atoms with Crippen LogP contribution < -0.4 is 55.9 Å². The van der Waals surface area contributed by atoms with Gasteiger partial charge in [-0.2, -0.15) is 0 Å². The zero-order valence-corrected chi connectivity index (χ0v) is 84.8. The summed E-state index contributed by atoms with van der Waals surface area (Å²) in [6.07, 6.45) is 5.46. The molecule has 1 aromatic carbocycles. The van der Waals surface area contributed by atoms with Crippen LogP contribution in [0, 0.1) is 71.0 Å². The number of methoxy groups -OCH3 is 10. The van der Waals surface area contributed by atoms with Crippen LogP contribution in [0.1, 0.15) is 118 Å². The van der Waals surface area contributed by atoms with Crippen molar-refractivity contribution in [2.45, 2.75) is 228 Å². The molecule has 18 atom stereocenters. The van der Waals surface area contributed by atoms with E-state index in [1.165, 1.54) is 101 Å². The Morgan fingerprint density at radius 2 is 0.497 bits per heavy atom. The predicted molar refractivity (Wildman–Crippen MR) is 510 cm³/mol. The van der Waals surface area contributed by atoms with Crippen molar-refractivity contribution in [3.8, 4) is 11.5 Å². The number of ether oxygens (including phenoxy) is 14. The molecule has 6 aliphatic carbocycles. The highest BCUT2D eigenvalue weighted by Gasteiger charge is 2.64. The molecular formula is C95H143N9O39. The highest BCUT2D eigenvalue weighted by molar-refractivity contribution is 5.93. The van der Waals surface area contributed by atoms with Crippen LogP contribution in [0.25, 0.3) is 0 Å². The van der Waals surface area contributed by atoms with Crippen molar-refractivity contribution in [3.63, 3.8) is 0 Å². The molecule has 4 aromatic rings. The minimum atomic E-state index is -1.03. The lowest BCUT2D eigenvalue weighted by molar-refractivity contribution is -0.188. The molecule has 4 bridgehead atoms. The molecule has 0 amide bonds. The van der Waals surface area contributed by atoms with E-state index >= 15 is 0 Å². The Hall–Kier alpha value is -12.4. The number of aromatic hydroxyl groups is 1. The lowest BCUT2D eigenvalue weighted by Gasteiger charge is -2.49. The summed E-state index contributed by atoms with van der Waals surface area (Å²) in [6.45, 7) is 26.6. The van der Waals surface area contributed by atoms with Crippen LogP contribution >= 0.6 is 0 Å². The number of phenolic OH excluding ortho intramolecular Hbond substituents is 1. The number of benzene rings is 1. The molecule has 2 fully saturated rings. The molecule has 0 radical (unpaired) electrons. The van der Waals surface area contributed by atoms with Crippen molar-refractivity contribution >= 4 is 53.7 Å². The number of fused-ring (bicyclic) bond motifs is 4. The van der Waals surface area contributed by atoms with Gasteiger partial charge in [0, 0.05) is 58.2 Å². The molecular weight excluding hydrogens is 1890 g/mol. The van der Waals surface area contributed by atoms with Crippen molar-refractivity contribution in [1.82, 2.24) is 41.1 Å². The van der Waals surface area contributed by atoms with Crippen LogP contribution in [0.5, 0.6) is 11.5 Å². The third-order valence-corrected chi connectivity index (χ3v) is 23.7. The second kappa shape index (κ2) is 61.5. The number of hydrogen-bond donors (Lipinski definition) is 7. The molecule has 0 aliphatic heterocycles. The van der Waals surface area contributed by atoms with Gasteiger partial charge in [0.1, 0.15) is 41.5 Å². The van der Waals surface area contributed by atoms with Gasteiger partial charge in [-0.05, 0) is 78.4 Å². The SMILES string of the molecule is C=CCn1c(=O)n(CC(O)CC)c(=O)n(CC(O)CC)c1=O.C=CCn1c(=O)n(CC(O)CC)c(=O)n(CC(O)CC)c1=O.C=CCn1c(=O)n(CC(O)CC)c(=O)n(CC(O)CC)c1=O.COC(=O)c1ccc(OC)cc1O.COCC(C)OC(=O)C1C2C=CC(C1C(=O)OC)C(C(=O)OC)C2C(=O)OC(C)COC.COCC(C)OC(=O)C1C2C=CC(C1C(=O)OC)C(C(=O)OC)C2C(=O)OC(C)COC. The summed E-state index contributed by atoms with van der Waals surface area (Å²) in [5.74, 6) is -17.0. The molecule has 7 N–H and O–H groups in total. The van der Waals surface area contributed by atoms with E-state index in [1.54, 1.807) is 99.6 Å². The largest absolute Gasteiger partial charge is 0.507 e. The van der Waals surface area contributed by atoms with Gasteiger partial charge in [0.2, 0.25) is 0 Å². The number of esters is 9. The average Bonchev–Trinajstić information content (AvgIpc) is 0.724. The van der Waals surface area contributed by atoms with Crippen molar-refractivity contribution in [2.75, 3.05) is 97.5 Å². The summed E-state index contributed by atoms with van der Waals surface area (Å²) in [7, 11) is 13.4. The van der Waals surface area contributed by atoms with E-state index in [0.717, 1.165) is 41.1 Å². The number of aromatic nitrogens is 9. The molecule has 3 aromatic heterocycles. The van der Waals surface area contributed by atoms with Gasteiger partial charge in [-0.1, -0.05) is 84.1 Å². The molecule has 48 nitrogen and oxygen atoms in total. The zero-order chi connectivity index (χ0) is 108. The number of carbonyl (C=O) groups excluding carboxylic acids is 9. The fourth-order valence-electron chi connectivity index (χ4n) is 16.2. The van der Waals surface area contributed by atoms with Crippen molar-refractivity contribution in [2.24, 2.45) is 71.0 Å². The number of allylic oxidation sites excluding steroid dienone is 7. The van der Waals surface area contributed by atoms with Gasteiger partial charge in [-0.3, -0.25) is 38.4 Å². The number of rotatable bonds is 46. The summed E-state index contributed by atoms with van der Waals surface area (Å²) in [5, 5.41) is 67.6. The Balaban J connectivity index is 0.000000450. The average molecular weight is 2040 g/mol. The van der Waals surface area contributed by atoms with Crippen LogP contribution in [0.15, 0.2) is 124 Å². The first kappa shape index (κ1) is 125. The minimum absolute atomic E-state index is 0.0532. The van der Waals surface area contributed by atoms with E-state index in [1.807, 2.05) is 0 Å². The third-order valence-electron chi connectivity index (χ3n) is 23.7. The predicted octanol–water partition coefficient (Wildman–Crippen LogP) is -0.576. The molecule has 2 saturated carbocycles. The summed E-state index contributed by atoms with van der Waals surface area (Å²) in [5.41, 5.74) is -7.07. The van der Waals surface area contributed by atoms with E-state index < -0.39 is 237 Å². The normalized spacial score (nSPS) is 20.7. The molecule has 6 aliphatic rings. The maximum atomic E-state index is 13.1. The van der Waals surface area contributed by atoms with E-state index in [2.05, 4.69) is 24.5 Å². The maximum absolute atomic E-state index is 13.1. The minimum Gasteiger partial charge on any atom is -0.507 e. The van der Waals surface area contributed by atoms with E-state index in [-0.39, 0.29) is 96.6 Å². The van der Waals surface area contributed by atoms with Crippen LogP contribution in [0.4, 0.5) is 0 Å². The summed E-state index contributed by atoms with van der Waals surface area (Å²) >= 11 is 0. The summed E-state index contributed by atoms with van der Waals surface area (Å²) in [4.78, 5) is 225. The lowest BCUT2D eigenvalue weighted by atomic mass is 9.53. The number of aliphatic hydroxyl groups excluding tert-OH is 6. The van der Waals surface area contributed by atoms with Crippen LogP contribution in [-0.4, -0.2) is 289 Å². The van der Waals surface area contributed by atoms with E-state index in [4.69, 9.17) is 61.6 Å². The van der Waals surface area contributed by atoms with Gasteiger partial charge < -0.3 is 102 Å². The molecule has 10 rings (SSSR count). The zero-order valence-electron chi connectivity index (χ0n) is 84.8. The molecule has 18 unspecified atom stereocenters. The Labute approximate surface area is 824 Å². The second-order valence-corrected chi connectivity index (χ2v) is 33.8. The molecule has 0 spiro atoms. The molecule has 3 heterocycles. The van der Waals surface area contributed by atoms with Crippen molar-refractivity contribution in [3.05, 3.63) is 180 Å². The first-order valence-electron chi connectivity index (χ1n) is 46.4. The molecule has 48 heteroatoms. The number of aliphatic hydroxyl groups is 6. The number of phenols is 1. The van der Waals surface area contributed by atoms with Crippen LogP contribution in [-0.2, 0) is 159 Å². The monoisotopic (exact) mass is 2030 g/mol. The molecule has 802 valence electrons. The highest BCUT2D eigenvalue weighted by atomic mass is 16.6. The smallest absolute Gasteiger partial charge is 0.341 e. The maximum Gasteiger partial charge on any atom is 0.341 e. The van der Waals surface area contributed by atoms with Gasteiger partial charge >= 0.3 is 105 Å². The van der Waals surface area contributed by atoms with Crippen molar-refractivity contribution < 1.29 is 145 Å². The molecule has 143 heavy (non-hydrogen) atoms. The van der Waals surface area contributed by atoms with Gasteiger partial charge in [0.05, 0.1) is 212 Å². The lowest BCUT2D eigenvalue weighted by Crippen LogP contribution is -2.58. The number of hydrogen-bond acceptors (Lipinski definition) is 39. The standard InChI is InChI=1S/2C22H32O10.3C14H23N3O5.C9H10O4/c2*1-11(9-27-3)31-21(25)17-14-8-7-13(15(17)19(23)29-5)16(20(24)30-6)18(14)22(26)32-12(2)10-28-4;3*1-4-7-15-12(20)16(8-10(18)5-2)14(22)17(13(15)21)9-11(19)6-3;1-12-6-3-4-7(8(10)5-6)9(11)13-2/h2*7-8,11-18H,9-10H2,1-6H3;3*4,10-11,18-19H,1,5-9H2,2-3H3;3-5,10H,1-2H3. The summed E-state index contributed by atoms with van der Waals surface area (Å²) < 4.78 is 78.5. The Morgan fingerprint density at radius 3 is 0.650 bits per heavy atom. The Bertz CT molecular complexity index is 4890. The fourth-order valence-corrected chi connectivity index (χ4v) is 16.2. The number of nitrogens with zero attached hydrogens (tertiary/aromatic N) is 9. The fraction of sp³-hybridized carbons (Fsp3) is 0.642. The van der Waals surface area contributed by atoms with E-state index in [9.17, 15) is 122 Å². The highest BCUT2D eigenvalue weighted by Crippen LogP contribution is 2.55. The topological polar surface area (TPSA) is 622 Å². The summed E-state index contributed by atoms with van der Waals surface area (Å²) in [6, 6.07) is 4.37. The van der Waals surface area contributed by atoms with Gasteiger partial charge in [-0.15, -0.1) is 19.7 Å². The van der Waals surface area contributed by atoms with Gasteiger partial charge in [-0.25, -0.2) is 89.0 Å². The van der Waals surface area contributed by atoms with Crippen molar-refractivity contribution in [1.29, 1.82) is 0 Å². The van der Waals surface area contributed by atoms with Gasteiger partial charge in [0.25, 0.3) is 0 Å². The number of carbonyl (C=O) groups is 9. The second-order valence-electron chi connectivity index (χ2n) is 33.8. The first-order valence-corrected chi connectivity index (χ1v) is 46.4. The van der Waals surface area contributed by atoms with Crippen LogP contribution in [0.3, 0.4) is 0 Å². The Morgan fingerprint density at radius 1 is 0.308 bits per heavy atom. The Kier molecular flexibility index (Phi) is 53.7. The quantitative estimate of drug-likeness (QED) is 0.0165.